The van der Waals surface area contributed by atoms with E-state index in [1.807, 2.05) is 6.92 Å². The standard InChI is InChI=1S/C20H18F3N3O2/c1-10-9-11(27)3-4-12(10)13-5-6-15(28-20(21,22)23)18-16(13)17-14(7-8-25-17)19(24-2)26-18/h3-6,9,25,27H,7-8H2,1-2H3,(H,24,26). The molecule has 0 saturated carbocycles. The highest BCUT2D eigenvalue weighted by molar-refractivity contribution is 6.08. The zero-order chi connectivity index (χ0) is 20.1. The van der Waals surface area contributed by atoms with E-state index in [0.29, 0.717) is 24.2 Å². The predicted octanol–water partition coefficient (Wildman–Crippen LogP) is 4.82. The van der Waals surface area contributed by atoms with Crippen LogP contribution in [0.5, 0.6) is 11.5 Å². The van der Waals surface area contributed by atoms with Gasteiger partial charge in [0.05, 0.1) is 5.69 Å². The first-order valence-corrected chi connectivity index (χ1v) is 8.75. The first-order chi connectivity index (χ1) is 13.3. The lowest BCUT2D eigenvalue weighted by Crippen LogP contribution is -2.17. The van der Waals surface area contributed by atoms with Crippen molar-refractivity contribution in [2.24, 2.45) is 0 Å². The number of anilines is 2. The monoisotopic (exact) mass is 389 g/mol. The molecule has 28 heavy (non-hydrogen) atoms. The van der Waals surface area contributed by atoms with Crippen molar-refractivity contribution in [3.05, 3.63) is 41.5 Å². The first-order valence-electron chi connectivity index (χ1n) is 8.75. The molecule has 0 spiro atoms. The molecule has 8 heteroatoms. The Morgan fingerprint density at radius 2 is 1.93 bits per heavy atom. The highest BCUT2D eigenvalue weighted by Crippen LogP contribution is 2.45. The highest BCUT2D eigenvalue weighted by Gasteiger charge is 2.33. The summed E-state index contributed by atoms with van der Waals surface area (Å²) in [4.78, 5) is 4.46. The minimum Gasteiger partial charge on any atom is -0.508 e. The number of hydrogen-bond donors (Lipinski definition) is 3. The summed E-state index contributed by atoms with van der Waals surface area (Å²) < 4.78 is 43.1. The number of halogens is 3. The lowest BCUT2D eigenvalue weighted by Gasteiger charge is -2.18. The molecule has 0 saturated heterocycles. The number of aromatic hydroxyl groups is 1. The molecule has 0 fully saturated rings. The number of nitrogens with one attached hydrogen (secondary N) is 2. The number of benzene rings is 2. The second kappa shape index (κ2) is 6.47. The number of alkyl halides is 3. The summed E-state index contributed by atoms with van der Waals surface area (Å²) in [5.41, 5.74) is 4.13. The van der Waals surface area contributed by atoms with Crippen molar-refractivity contribution in [3.63, 3.8) is 0 Å². The molecule has 2 heterocycles. The summed E-state index contributed by atoms with van der Waals surface area (Å²) in [6.45, 7) is 2.51. The maximum absolute atomic E-state index is 12.9. The van der Waals surface area contributed by atoms with Crippen molar-refractivity contribution in [2.45, 2.75) is 19.7 Å². The number of rotatable bonds is 3. The maximum atomic E-state index is 12.9. The topological polar surface area (TPSA) is 66.4 Å². The lowest BCUT2D eigenvalue weighted by atomic mass is 9.94. The van der Waals surface area contributed by atoms with Gasteiger partial charge in [0.1, 0.15) is 17.1 Å². The number of ether oxygens (including phenoxy) is 1. The van der Waals surface area contributed by atoms with E-state index >= 15 is 0 Å². The number of aryl methyl sites for hydroxylation is 1. The number of aromatic nitrogens is 1. The molecule has 0 bridgehead atoms. The molecule has 1 aliphatic rings. The Labute approximate surface area is 159 Å². The summed E-state index contributed by atoms with van der Waals surface area (Å²) in [6, 6.07) is 7.80. The molecule has 4 rings (SSSR count). The van der Waals surface area contributed by atoms with Crippen LogP contribution in [0.2, 0.25) is 0 Å². The van der Waals surface area contributed by atoms with Crippen LogP contribution in [-0.2, 0) is 6.42 Å². The highest BCUT2D eigenvalue weighted by atomic mass is 19.4. The average molecular weight is 389 g/mol. The van der Waals surface area contributed by atoms with Gasteiger partial charge in [-0.15, -0.1) is 13.2 Å². The first kappa shape index (κ1) is 18.2. The lowest BCUT2D eigenvalue weighted by molar-refractivity contribution is -0.274. The average Bonchev–Trinajstić information content (AvgIpc) is 3.10. The van der Waals surface area contributed by atoms with Gasteiger partial charge in [-0.25, -0.2) is 4.98 Å². The fourth-order valence-electron chi connectivity index (χ4n) is 3.72. The molecule has 1 aromatic heterocycles. The molecule has 2 aromatic carbocycles. The number of phenols is 1. The third-order valence-electron chi connectivity index (χ3n) is 4.84. The van der Waals surface area contributed by atoms with E-state index < -0.39 is 6.36 Å². The molecule has 3 N–H and O–H groups in total. The number of nitrogens with zero attached hydrogens (tertiary/aromatic N) is 1. The number of phenolic OH excluding ortho intramolecular Hbond substituents is 1. The van der Waals surface area contributed by atoms with E-state index in [0.717, 1.165) is 27.9 Å². The molecule has 0 aliphatic carbocycles. The Morgan fingerprint density at radius 3 is 2.61 bits per heavy atom. The van der Waals surface area contributed by atoms with Crippen molar-refractivity contribution < 1.29 is 23.0 Å². The summed E-state index contributed by atoms with van der Waals surface area (Å²) in [5.74, 6) is 0.302. The van der Waals surface area contributed by atoms with Gasteiger partial charge in [0.25, 0.3) is 0 Å². The van der Waals surface area contributed by atoms with Gasteiger partial charge in [0.15, 0.2) is 5.75 Å². The van der Waals surface area contributed by atoms with Crippen LogP contribution in [0.3, 0.4) is 0 Å². The summed E-state index contributed by atoms with van der Waals surface area (Å²) in [7, 11) is 1.69. The quantitative estimate of drug-likeness (QED) is 0.599. The third-order valence-corrected chi connectivity index (χ3v) is 4.84. The van der Waals surface area contributed by atoms with Crippen molar-refractivity contribution in [1.29, 1.82) is 0 Å². The Kier molecular flexibility index (Phi) is 4.21. The van der Waals surface area contributed by atoms with Gasteiger partial charge >= 0.3 is 6.36 Å². The van der Waals surface area contributed by atoms with Crippen molar-refractivity contribution in [1.82, 2.24) is 4.98 Å². The maximum Gasteiger partial charge on any atom is 0.573 e. The Hall–Kier alpha value is -3.16. The predicted molar refractivity (Wildman–Crippen MR) is 102 cm³/mol. The van der Waals surface area contributed by atoms with Gasteiger partial charge < -0.3 is 20.5 Å². The molecule has 5 nitrogen and oxygen atoms in total. The van der Waals surface area contributed by atoms with Crippen LogP contribution in [0.15, 0.2) is 30.3 Å². The van der Waals surface area contributed by atoms with Crippen LogP contribution >= 0.6 is 0 Å². The third kappa shape index (κ3) is 3.04. The van der Waals surface area contributed by atoms with E-state index in [4.69, 9.17) is 0 Å². The molecule has 0 amide bonds. The minimum absolute atomic E-state index is 0.125. The molecule has 146 valence electrons. The Bertz CT molecular complexity index is 1080. The fraction of sp³-hybridized carbons (Fsp3) is 0.250. The Balaban J connectivity index is 2.07. The van der Waals surface area contributed by atoms with Crippen LogP contribution in [0.25, 0.3) is 22.0 Å². The van der Waals surface area contributed by atoms with Gasteiger partial charge in [-0.05, 0) is 54.3 Å². The van der Waals surface area contributed by atoms with Crippen LogP contribution in [0.1, 0.15) is 11.1 Å². The van der Waals surface area contributed by atoms with E-state index in [1.54, 1.807) is 31.3 Å². The van der Waals surface area contributed by atoms with E-state index in [1.165, 1.54) is 6.07 Å². The fourth-order valence-corrected chi connectivity index (χ4v) is 3.72. The smallest absolute Gasteiger partial charge is 0.508 e. The molecule has 0 radical (unpaired) electrons. The Morgan fingerprint density at radius 1 is 1.18 bits per heavy atom. The SMILES string of the molecule is CNc1nc2c(OC(F)(F)F)ccc(-c3ccc(O)cc3C)c2c2c1CCN2. The number of pyridine rings is 1. The summed E-state index contributed by atoms with van der Waals surface area (Å²) in [6.07, 6.45) is -4.11. The molecule has 1 aliphatic heterocycles. The van der Waals surface area contributed by atoms with E-state index in [-0.39, 0.29) is 17.0 Å². The van der Waals surface area contributed by atoms with Crippen molar-refractivity contribution in [3.8, 4) is 22.6 Å². The van der Waals surface area contributed by atoms with Crippen LogP contribution < -0.4 is 15.4 Å². The van der Waals surface area contributed by atoms with Gasteiger partial charge in [0.2, 0.25) is 0 Å². The molecular formula is C20H18F3N3O2. The molecular weight excluding hydrogens is 371 g/mol. The summed E-state index contributed by atoms with van der Waals surface area (Å²) >= 11 is 0. The van der Waals surface area contributed by atoms with Gasteiger partial charge in [0, 0.05) is 24.5 Å². The van der Waals surface area contributed by atoms with Crippen LogP contribution in [0, 0.1) is 6.92 Å². The van der Waals surface area contributed by atoms with E-state index in [2.05, 4.69) is 20.4 Å². The van der Waals surface area contributed by atoms with Gasteiger partial charge in [-0.2, -0.15) is 0 Å². The molecule has 3 aromatic rings. The zero-order valence-electron chi connectivity index (χ0n) is 15.2. The van der Waals surface area contributed by atoms with Crippen LogP contribution in [0.4, 0.5) is 24.7 Å². The normalized spacial score (nSPS) is 13.3. The molecule has 0 unspecified atom stereocenters. The second-order valence-corrected chi connectivity index (χ2v) is 6.62. The zero-order valence-corrected chi connectivity index (χ0v) is 15.2. The number of fused-ring (bicyclic) bond motifs is 3. The van der Waals surface area contributed by atoms with Crippen LogP contribution in [-0.4, -0.2) is 30.0 Å². The van der Waals surface area contributed by atoms with Gasteiger partial charge in [-0.1, -0.05) is 6.07 Å². The number of hydrogen-bond acceptors (Lipinski definition) is 5. The second-order valence-electron chi connectivity index (χ2n) is 6.62. The largest absolute Gasteiger partial charge is 0.573 e. The summed E-state index contributed by atoms with van der Waals surface area (Å²) in [5, 5.41) is 16.5. The van der Waals surface area contributed by atoms with E-state index in [9.17, 15) is 18.3 Å². The molecule has 0 atom stereocenters. The van der Waals surface area contributed by atoms with Crippen molar-refractivity contribution >= 4 is 22.4 Å². The van der Waals surface area contributed by atoms with Crippen molar-refractivity contribution in [2.75, 3.05) is 24.2 Å². The minimum atomic E-state index is -4.82. The van der Waals surface area contributed by atoms with Gasteiger partial charge in [-0.3, -0.25) is 0 Å².